The van der Waals surface area contributed by atoms with Crippen LogP contribution >= 0.6 is 0 Å². The predicted octanol–water partition coefficient (Wildman–Crippen LogP) is 0.862. The molecule has 0 bridgehead atoms. The molecule has 2 heterocycles. The molecule has 0 unspecified atom stereocenters. The summed E-state index contributed by atoms with van der Waals surface area (Å²) < 4.78 is 32.6. The van der Waals surface area contributed by atoms with Gasteiger partial charge in [-0.25, -0.2) is 0 Å². The van der Waals surface area contributed by atoms with Gasteiger partial charge in [-0.1, -0.05) is 0 Å². The second-order valence-electron chi connectivity index (χ2n) is 7.50. The van der Waals surface area contributed by atoms with Gasteiger partial charge in [0.15, 0.2) is 0 Å². The Morgan fingerprint density at radius 3 is 2.29 bits per heavy atom. The molecule has 0 saturated carbocycles. The van der Waals surface area contributed by atoms with Crippen LogP contribution < -0.4 is 9.64 Å². The van der Waals surface area contributed by atoms with Crippen molar-refractivity contribution in [2.24, 2.45) is 5.92 Å². The third kappa shape index (κ3) is 4.42. The lowest BCUT2D eigenvalue weighted by Crippen LogP contribution is -2.54. The third-order valence-electron chi connectivity index (χ3n) is 5.55. The Kier molecular flexibility index (Phi) is 6.47. The second-order valence-corrected chi connectivity index (χ2v) is 9.64. The second kappa shape index (κ2) is 8.67. The van der Waals surface area contributed by atoms with Crippen molar-refractivity contribution in [2.45, 2.75) is 12.8 Å². The molecule has 156 valence electrons. The van der Waals surface area contributed by atoms with Crippen LogP contribution in [0.5, 0.6) is 5.75 Å². The number of benzene rings is 1. The monoisotopic (exact) mass is 410 g/mol. The first-order valence-corrected chi connectivity index (χ1v) is 11.1. The number of carbonyl (C=O) groups excluding carboxylic acids is 1. The standard InChI is InChI=1S/C19H30N4O4S/c1-20(2)28(25,26)23-10-4-5-16(15-23)19(24)22-13-11-21(12-14-22)17-6-8-18(27-3)9-7-17/h6-9,16H,4-5,10-15H2,1-3H3/t16-/m0/s1. The summed E-state index contributed by atoms with van der Waals surface area (Å²) in [5.74, 6) is 0.649. The third-order valence-corrected chi connectivity index (χ3v) is 7.46. The molecule has 2 aliphatic rings. The molecule has 2 fully saturated rings. The molecule has 3 rings (SSSR count). The summed E-state index contributed by atoms with van der Waals surface area (Å²) in [5.41, 5.74) is 1.12. The van der Waals surface area contributed by atoms with E-state index < -0.39 is 10.2 Å². The molecule has 1 aromatic rings. The minimum atomic E-state index is -3.47. The van der Waals surface area contributed by atoms with E-state index in [1.807, 2.05) is 29.2 Å². The van der Waals surface area contributed by atoms with Crippen LogP contribution in [0.2, 0.25) is 0 Å². The zero-order chi connectivity index (χ0) is 20.3. The summed E-state index contributed by atoms with van der Waals surface area (Å²) >= 11 is 0. The van der Waals surface area contributed by atoms with Crippen LogP contribution in [0.25, 0.3) is 0 Å². The van der Waals surface area contributed by atoms with E-state index in [0.717, 1.165) is 37.4 Å². The number of carbonyl (C=O) groups is 1. The van der Waals surface area contributed by atoms with Crippen molar-refractivity contribution in [2.75, 3.05) is 65.4 Å². The zero-order valence-electron chi connectivity index (χ0n) is 16.9. The highest BCUT2D eigenvalue weighted by molar-refractivity contribution is 7.86. The maximum atomic E-state index is 13.0. The number of nitrogens with zero attached hydrogens (tertiary/aromatic N) is 4. The van der Waals surface area contributed by atoms with Crippen LogP contribution in [0.4, 0.5) is 5.69 Å². The van der Waals surface area contributed by atoms with Gasteiger partial charge in [0.05, 0.1) is 13.0 Å². The molecule has 1 atom stereocenters. The van der Waals surface area contributed by atoms with Gasteiger partial charge in [0.2, 0.25) is 5.91 Å². The lowest BCUT2D eigenvalue weighted by molar-refractivity contribution is -0.137. The number of amides is 1. The van der Waals surface area contributed by atoms with Gasteiger partial charge in [-0.05, 0) is 37.1 Å². The molecule has 0 aromatic heterocycles. The first-order valence-electron chi connectivity index (χ1n) is 9.68. The number of methoxy groups -OCH3 is 1. The fourth-order valence-electron chi connectivity index (χ4n) is 3.82. The van der Waals surface area contributed by atoms with Gasteiger partial charge < -0.3 is 14.5 Å². The molecule has 2 saturated heterocycles. The Hall–Kier alpha value is -1.84. The molecule has 0 N–H and O–H groups in total. The first-order chi connectivity index (χ1) is 13.3. The van der Waals surface area contributed by atoms with E-state index in [1.165, 1.54) is 22.7 Å². The number of anilines is 1. The van der Waals surface area contributed by atoms with E-state index in [4.69, 9.17) is 4.74 Å². The van der Waals surface area contributed by atoms with Gasteiger partial charge >= 0.3 is 0 Å². The van der Waals surface area contributed by atoms with E-state index in [1.54, 1.807) is 7.11 Å². The lowest BCUT2D eigenvalue weighted by Gasteiger charge is -2.39. The number of rotatable bonds is 5. The highest BCUT2D eigenvalue weighted by atomic mass is 32.2. The number of hydrogen-bond donors (Lipinski definition) is 0. The van der Waals surface area contributed by atoms with Crippen molar-refractivity contribution in [3.8, 4) is 5.75 Å². The largest absolute Gasteiger partial charge is 0.497 e. The predicted molar refractivity (Wildman–Crippen MR) is 109 cm³/mol. The fourth-order valence-corrected chi connectivity index (χ4v) is 5.01. The van der Waals surface area contributed by atoms with Gasteiger partial charge in [-0.2, -0.15) is 17.0 Å². The van der Waals surface area contributed by atoms with Gasteiger partial charge in [-0.3, -0.25) is 4.79 Å². The number of ether oxygens (including phenoxy) is 1. The van der Waals surface area contributed by atoms with Crippen molar-refractivity contribution < 1.29 is 17.9 Å². The smallest absolute Gasteiger partial charge is 0.281 e. The van der Waals surface area contributed by atoms with E-state index in [-0.39, 0.29) is 18.4 Å². The maximum Gasteiger partial charge on any atom is 0.281 e. The summed E-state index contributed by atoms with van der Waals surface area (Å²) in [4.78, 5) is 17.1. The van der Waals surface area contributed by atoms with Crippen LogP contribution in [0.1, 0.15) is 12.8 Å². The normalized spacial score (nSPS) is 21.8. The molecular weight excluding hydrogens is 380 g/mol. The average Bonchev–Trinajstić information content (AvgIpc) is 2.73. The van der Waals surface area contributed by atoms with Gasteiger partial charge in [0.1, 0.15) is 5.75 Å². The van der Waals surface area contributed by atoms with Crippen LogP contribution in [0.15, 0.2) is 24.3 Å². The van der Waals surface area contributed by atoms with Crippen molar-refractivity contribution in [3.05, 3.63) is 24.3 Å². The molecule has 1 amide bonds. The lowest BCUT2D eigenvalue weighted by atomic mass is 9.97. The Labute approximate surface area is 167 Å². The van der Waals surface area contributed by atoms with Crippen LogP contribution in [0.3, 0.4) is 0 Å². The van der Waals surface area contributed by atoms with Crippen LogP contribution in [-0.4, -0.2) is 88.3 Å². The molecule has 0 aliphatic carbocycles. The molecular formula is C19H30N4O4S. The van der Waals surface area contributed by atoms with Crippen molar-refractivity contribution in [1.29, 1.82) is 0 Å². The summed E-state index contributed by atoms with van der Waals surface area (Å²) in [7, 11) is 1.23. The Morgan fingerprint density at radius 1 is 1.07 bits per heavy atom. The highest BCUT2D eigenvalue weighted by Crippen LogP contribution is 2.24. The quantitative estimate of drug-likeness (QED) is 0.720. The summed E-state index contributed by atoms with van der Waals surface area (Å²) in [6, 6.07) is 7.94. The number of piperidine rings is 1. The van der Waals surface area contributed by atoms with Crippen molar-refractivity contribution in [3.63, 3.8) is 0 Å². The Balaban J connectivity index is 1.57. The summed E-state index contributed by atoms with van der Waals surface area (Å²) in [5, 5.41) is 0. The minimum Gasteiger partial charge on any atom is -0.497 e. The fraction of sp³-hybridized carbons (Fsp3) is 0.632. The van der Waals surface area contributed by atoms with E-state index in [2.05, 4.69) is 4.90 Å². The first kappa shape index (κ1) is 20.9. The minimum absolute atomic E-state index is 0.0769. The van der Waals surface area contributed by atoms with Gasteiger partial charge in [-0.15, -0.1) is 0 Å². The van der Waals surface area contributed by atoms with Gasteiger partial charge in [0.25, 0.3) is 10.2 Å². The van der Waals surface area contributed by atoms with Crippen LogP contribution in [-0.2, 0) is 15.0 Å². The summed E-state index contributed by atoms with van der Waals surface area (Å²) in [6.45, 7) is 3.60. The summed E-state index contributed by atoms with van der Waals surface area (Å²) in [6.07, 6.45) is 1.46. The number of piperazine rings is 1. The van der Waals surface area contributed by atoms with Crippen LogP contribution in [0, 0.1) is 5.92 Å². The van der Waals surface area contributed by atoms with E-state index >= 15 is 0 Å². The molecule has 0 spiro atoms. The van der Waals surface area contributed by atoms with E-state index in [9.17, 15) is 13.2 Å². The SMILES string of the molecule is COc1ccc(N2CCN(C(=O)[C@H]3CCCN(S(=O)(=O)N(C)C)C3)CC2)cc1. The van der Waals surface area contributed by atoms with Crippen molar-refractivity contribution >= 4 is 21.8 Å². The molecule has 9 heteroatoms. The molecule has 28 heavy (non-hydrogen) atoms. The number of hydrogen-bond acceptors (Lipinski definition) is 5. The highest BCUT2D eigenvalue weighted by Gasteiger charge is 2.36. The zero-order valence-corrected chi connectivity index (χ0v) is 17.7. The van der Waals surface area contributed by atoms with E-state index in [0.29, 0.717) is 19.6 Å². The van der Waals surface area contributed by atoms with Gasteiger partial charge in [0, 0.05) is 59.1 Å². The molecule has 1 aromatic carbocycles. The Morgan fingerprint density at radius 2 is 1.71 bits per heavy atom. The molecule has 0 radical (unpaired) electrons. The maximum absolute atomic E-state index is 13.0. The molecule has 8 nitrogen and oxygen atoms in total. The van der Waals surface area contributed by atoms with Crippen molar-refractivity contribution in [1.82, 2.24) is 13.5 Å². The average molecular weight is 411 g/mol. The molecule has 2 aliphatic heterocycles. The Bertz CT molecular complexity index is 774. The topological polar surface area (TPSA) is 73.4 Å².